The third kappa shape index (κ3) is 3.14. The van der Waals surface area contributed by atoms with Crippen LogP contribution < -0.4 is 11.0 Å². The van der Waals surface area contributed by atoms with Crippen molar-refractivity contribution >= 4 is 28.5 Å². The van der Waals surface area contributed by atoms with E-state index in [0.717, 1.165) is 11.1 Å². The van der Waals surface area contributed by atoms with Gasteiger partial charge in [0.2, 0.25) is 0 Å². The topological polar surface area (TPSA) is 117 Å². The quantitative estimate of drug-likeness (QED) is 0.470. The summed E-state index contributed by atoms with van der Waals surface area (Å²) < 4.78 is 0.402. The summed E-state index contributed by atoms with van der Waals surface area (Å²) >= 11 is 0. The number of anilines is 2. The van der Waals surface area contributed by atoms with Gasteiger partial charge in [-0.25, -0.2) is 14.6 Å². The van der Waals surface area contributed by atoms with E-state index in [1.807, 2.05) is 18.2 Å². The molecule has 2 aromatic carbocycles. The fourth-order valence-electron chi connectivity index (χ4n) is 2.85. The molecule has 4 aromatic rings. The number of benzene rings is 2. The Bertz CT molecular complexity index is 1250. The van der Waals surface area contributed by atoms with Crippen LogP contribution in [0.5, 0.6) is 0 Å². The molecule has 0 radical (unpaired) electrons. The van der Waals surface area contributed by atoms with Gasteiger partial charge in [0, 0.05) is 11.9 Å². The second-order valence-electron chi connectivity index (χ2n) is 6.02. The van der Waals surface area contributed by atoms with E-state index < -0.39 is 11.7 Å². The van der Waals surface area contributed by atoms with Crippen LogP contribution in [0.2, 0.25) is 0 Å². The minimum Gasteiger partial charge on any atom is -0.478 e. The zero-order valence-electron chi connectivity index (χ0n) is 14.4. The fraction of sp³-hybridized carbons (Fsp3) is 0. The van der Waals surface area contributed by atoms with Crippen molar-refractivity contribution in [1.29, 1.82) is 0 Å². The average Bonchev–Trinajstić information content (AvgIpc) is 2.72. The lowest BCUT2D eigenvalue weighted by atomic mass is 10.0. The Hall–Kier alpha value is -4.20. The monoisotopic (exact) mass is 374 g/mol. The van der Waals surface area contributed by atoms with Crippen LogP contribution in [-0.2, 0) is 0 Å². The van der Waals surface area contributed by atoms with Gasteiger partial charge in [-0.2, -0.15) is 4.98 Å². The normalized spacial score (nSPS) is 10.7. The minimum absolute atomic E-state index is 0.104. The number of fused-ring (bicyclic) bond motifs is 1. The maximum absolute atomic E-state index is 11.8. The molecule has 2 aromatic heterocycles. The summed E-state index contributed by atoms with van der Waals surface area (Å²) in [5.74, 6) is -0.704. The highest BCUT2D eigenvalue weighted by Crippen LogP contribution is 2.25. The Morgan fingerprint density at radius 1 is 1.00 bits per heavy atom. The van der Waals surface area contributed by atoms with Crippen LogP contribution in [-0.4, -0.2) is 31.0 Å². The van der Waals surface area contributed by atoms with E-state index in [-0.39, 0.29) is 17.0 Å². The first kappa shape index (κ1) is 17.2. The molecule has 0 spiro atoms. The van der Waals surface area contributed by atoms with Crippen molar-refractivity contribution in [3.63, 3.8) is 0 Å². The van der Waals surface area contributed by atoms with Crippen LogP contribution in [0.4, 0.5) is 11.5 Å². The molecule has 8 heteroatoms. The van der Waals surface area contributed by atoms with Crippen LogP contribution >= 0.6 is 0 Å². The highest BCUT2D eigenvalue weighted by Gasteiger charge is 2.11. The Kier molecular flexibility index (Phi) is 4.21. The van der Waals surface area contributed by atoms with Gasteiger partial charge in [0.05, 0.1) is 10.9 Å². The molecule has 0 aliphatic heterocycles. The van der Waals surface area contributed by atoms with Gasteiger partial charge in [0.1, 0.15) is 5.82 Å². The maximum Gasteiger partial charge on any atom is 0.384 e. The molecular weight excluding hydrogens is 360 g/mol. The van der Waals surface area contributed by atoms with E-state index in [0.29, 0.717) is 15.8 Å². The van der Waals surface area contributed by atoms with Gasteiger partial charge in [-0.15, -0.1) is 4.73 Å². The summed E-state index contributed by atoms with van der Waals surface area (Å²) in [4.78, 5) is 30.8. The molecule has 3 N–H and O–H groups in total. The summed E-state index contributed by atoms with van der Waals surface area (Å²) in [6.07, 6.45) is 1.47. The highest BCUT2D eigenvalue weighted by atomic mass is 16.5. The Morgan fingerprint density at radius 3 is 2.54 bits per heavy atom. The van der Waals surface area contributed by atoms with Crippen LogP contribution in [0.3, 0.4) is 0 Å². The molecule has 8 nitrogen and oxygen atoms in total. The molecule has 0 bridgehead atoms. The molecule has 0 aliphatic rings. The molecule has 0 amide bonds. The molecule has 0 fully saturated rings. The van der Waals surface area contributed by atoms with E-state index >= 15 is 0 Å². The maximum atomic E-state index is 11.8. The molecule has 4 rings (SSSR count). The van der Waals surface area contributed by atoms with Crippen molar-refractivity contribution in [3.05, 3.63) is 82.9 Å². The van der Waals surface area contributed by atoms with Crippen LogP contribution in [0.15, 0.2) is 71.7 Å². The molecule has 0 aliphatic carbocycles. The predicted octanol–water partition coefficient (Wildman–Crippen LogP) is 3.14. The first-order valence-corrected chi connectivity index (χ1v) is 8.31. The van der Waals surface area contributed by atoms with Gasteiger partial charge in [-0.1, -0.05) is 24.3 Å². The Labute approximate surface area is 158 Å². The second-order valence-corrected chi connectivity index (χ2v) is 6.02. The summed E-state index contributed by atoms with van der Waals surface area (Å²) in [6, 6.07) is 17.3. The fourth-order valence-corrected chi connectivity index (χ4v) is 2.85. The van der Waals surface area contributed by atoms with Crippen molar-refractivity contribution in [1.82, 2.24) is 14.7 Å². The summed E-state index contributed by atoms with van der Waals surface area (Å²) in [5, 5.41) is 22.5. The van der Waals surface area contributed by atoms with Gasteiger partial charge in [-0.3, -0.25) is 0 Å². The van der Waals surface area contributed by atoms with Crippen molar-refractivity contribution in [2.45, 2.75) is 0 Å². The third-order valence-electron chi connectivity index (χ3n) is 4.22. The van der Waals surface area contributed by atoms with Gasteiger partial charge >= 0.3 is 11.7 Å². The number of aromatic nitrogens is 3. The van der Waals surface area contributed by atoms with Crippen LogP contribution in [0.25, 0.3) is 22.2 Å². The van der Waals surface area contributed by atoms with Crippen molar-refractivity contribution in [2.24, 2.45) is 0 Å². The molecular formula is C20H14N4O4. The lowest BCUT2D eigenvalue weighted by Crippen LogP contribution is -2.23. The number of rotatable bonds is 4. The average molecular weight is 374 g/mol. The van der Waals surface area contributed by atoms with Crippen LogP contribution in [0, 0.1) is 0 Å². The first-order valence-electron chi connectivity index (χ1n) is 8.31. The second kappa shape index (κ2) is 6.84. The van der Waals surface area contributed by atoms with Crippen molar-refractivity contribution in [3.8, 4) is 11.1 Å². The first-order chi connectivity index (χ1) is 13.5. The minimum atomic E-state index is -0.981. The van der Waals surface area contributed by atoms with Gasteiger partial charge < -0.3 is 15.6 Å². The van der Waals surface area contributed by atoms with Gasteiger partial charge in [0.15, 0.2) is 5.65 Å². The molecule has 2 heterocycles. The number of hydrogen-bond donors (Lipinski definition) is 3. The SMILES string of the molecule is O=C(O)c1cccc(-c2ccc(Nc3nc(=O)n(O)c4ncccc34)cc2)c1. The number of aromatic carboxylic acids is 1. The van der Waals surface area contributed by atoms with Gasteiger partial charge in [-0.05, 0) is 47.5 Å². The lowest BCUT2D eigenvalue weighted by molar-refractivity contribution is 0.0697. The van der Waals surface area contributed by atoms with E-state index in [1.54, 1.807) is 36.4 Å². The van der Waals surface area contributed by atoms with Crippen molar-refractivity contribution < 1.29 is 15.1 Å². The molecule has 138 valence electrons. The number of carboxylic acids is 1. The number of nitrogens with one attached hydrogen (secondary N) is 1. The molecule has 0 unspecified atom stereocenters. The Balaban J connectivity index is 1.67. The number of pyridine rings is 1. The largest absolute Gasteiger partial charge is 0.478 e. The summed E-state index contributed by atoms with van der Waals surface area (Å²) in [5.41, 5.74) is 1.78. The molecule has 0 atom stereocenters. The van der Waals surface area contributed by atoms with Crippen molar-refractivity contribution in [2.75, 3.05) is 5.32 Å². The third-order valence-corrected chi connectivity index (χ3v) is 4.22. The van der Waals surface area contributed by atoms with Gasteiger partial charge in [0.25, 0.3) is 0 Å². The summed E-state index contributed by atoms with van der Waals surface area (Å²) in [7, 11) is 0. The summed E-state index contributed by atoms with van der Waals surface area (Å²) in [6.45, 7) is 0. The van der Waals surface area contributed by atoms with E-state index in [9.17, 15) is 14.8 Å². The lowest BCUT2D eigenvalue weighted by Gasteiger charge is -2.10. The van der Waals surface area contributed by atoms with E-state index in [1.165, 1.54) is 12.3 Å². The number of hydrogen-bond acceptors (Lipinski definition) is 6. The van der Waals surface area contributed by atoms with E-state index in [2.05, 4.69) is 15.3 Å². The standard InChI is InChI=1S/C20H14N4O4/c25-19(26)14-4-1-3-13(11-14)12-6-8-15(9-7-12)22-17-16-5-2-10-21-18(16)24(28)20(27)23-17/h1-11,28H,(H,25,26)(H,22,23,27). The number of carbonyl (C=O) groups is 1. The molecule has 0 saturated heterocycles. The Morgan fingerprint density at radius 2 is 1.79 bits per heavy atom. The molecule has 28 heavy (non-hydrogen) atoms. The molecule has 0 saturated carbocycles. The zero-order chi connectivity index (χ0) is 19.7. The van der Waals surface area contributed by atoms with Crippen LogP contribution in [0.1, 0.15) is 10.4 Å². The smallest absolute Gasteiger partial charge is 0.384 e. The number of carboxylic acid groups (broad SMARTS) is 1. The zero-order valence-corrected chi connectivity index (χ0v) is 14.4. The predicted molar refractivity (Wildman–Crippen MR) is 103 cm³/mol. The number of nitrogens with zero attached hydrogens (tertiary/aromatic N) is 3. The van der Waals surface area contributed by atoms with E-state index in [4.69, 9.17) is 5.11 Å². The highest BCUT2D eigenvalue weighted by molar-refractivity contribution is 5.90.